The smallest absolute Gasteiger partial charge is 0.269 e. The van der Waals surface area contributed by atoms with Crippen molar-refractivity contribution < 1.29 is 28.2 Å². The van der Waals surface area contributed by atoms with E-state index in [1.807, 2.05) is 194 Å². The molecule has 606 valence electrons. The highest BCUT2D eigenvalue weighted by Gasteiger charge is 2.27. The van der Waals surface area contributed by atoms with Crippen molar-refractivity contribution in [2.45, 2.75) is 80.4 Å². The first-order chi connectivity index (χ1) is 58.0. The van der Waals surface area contributed by atoms with Gasteiger partial charge in [0.2, 0.25) is 0 Å². The Balaban J connectivity index is 0.000000137. The van der Waals surface area contributed by atoms with Gasteiger partial charge in [-0.25, -0.2) is 53.6 Å². The van der Waals surface area contributed by atoms with Crippen LogP contribution >= 0.6 is 23.2 Å². The van der Waals surface area contributed by atoms with E-state index in [0.717, 1.165) is 72.0 Å². The molecule has 10 aromatic carbocycles. The molecule has 0 spiro atoms. The van der Waals surface area contributed by atoms with Crippen LogP contribution in [0.2, 0.25) is 10.0 Å². The number of halogens is 4. The highest BCUT2D eigenvalue weighted by molar-refractivity contribution is 6.34. The van der Waals surface area contributed by atoms with Crippen LogP contribution < -0.4 is 38.8 Å². The Morgan fingerprint density at radius 3 is 1.52 bits per heavy atom. The number of rotatable bonds is 18. The SMILES string of the molecule is Cc1ccccc1-n1c(C(N)COCc2ccccc2)nc2cccc(C)c2c1=O.Cc1nc(C)c2[nH]cnc2n1.Cc1nc(NC(COCc2ccccc2)c2nc3cccc(C)c3c(=O)n2-c2ccccc2C)c2[nH]cnc2n1.Nc1cccc(F)c1C(=O)Nc1ccccc1Cl.O=c1c2c(F)cccc2nc(CO)n1-c1ccccc1Cl. The standard InChI is InChI=1S/C31H29N7O2.C25H25N3O2.C15H10ClFN2O2.C13H10ClFN2O.C7H8N4/c1-19-10-7-8-15-25(19)38-30(37-23-14-9-11-20(2)26(23)31(38)39)24(17-40-16-22-12-5-4-6-13-22)36-29-27-28(33-18-32-27)34-21(3)35-29;1-17-9-6-7-14-22(17)28-24(20(26)16-30-15-19-11-4-3-5-12-19)27-21-13-8-10-18(2)23(21)25(28)29;16-9-4-1-2-7-12(9)19-13(8-20)18-11-6-3-5-10(17)14(11)15(19)21;14-8-4-1-2-7-11(8)17-13(18)12-9(15)5-3-6-10(12)16;1-4-6-7(9-3-8-6)11-5(2)10-4/h4-15,18,24H,16-17H2,1-3H3,(H2,32,33,34,35,36);3-14,20H,15-16,26H2,1-2H3;1-7,20H,8H2;1-7H,16H2,(H,17,18);3H,1-2H3,(H,8,9,10,11). The maximum Gasteiger partial charge on any atom is 0.269 e. The van der Waals surface area contributed by atoms with Crippen molar-refractivity contribution in [2.75, 3.05) is 29.6 Å². The zero-order chi connectivity index (χ0) is 84.7. The van der Waals surface area contributed by atoms with E-state index in [0.29, 0.717) is 90.9 Å². The number of para-hydroxylation sites is 4. The predicted molar refractivity (Wildman–Crippen MR) is 465 cm³/mol. The molecule has 0 saturated carbocycles. The lowest BCUT2D eigenvalue weighted by molar-refractivity contribution is 0.102. The van der Waals surface area contributed by atoms with Gasteiger partial charge in [-0.3, -0.25) is 32.9 Å². The second-order valence-corrected chi connectivity index (χ2v) is 28.6. The number of nitrogens with two attached hydrogens (primary N) is 2. The van der Waals surface area contributed by atoms with Crippen molar-refractivity contribution in [3.8, 4) is 17.1 Å². The Morgan fingerprint density at radius 2 is 0.950 bits per heavy atom. The van der Waals surface area contributed by atoms with Gasteiger partial charge in [0.25, 0.3) is 22.6 Å². The van der Waals surface area contributed by atoms with E-state index in [2.05, 4.69) is 55.5 Å². The molecule has 120 heavy (non-hydrogen) atoms. The summed E-state index contributed by atoms with van der Waals surface area (Å²) in [5.41, 5.74) is 24.6. The van der Waals surface area contributed by atoms with Crippen molar-refractivity contribution in [3.63, 3.8) is 0 Å². The topological polar surface area (TPSA) is 345 Å². The van der Waals surface area contributed by atoms with Gasteiger partial charge in [0.05, 0.1) is 116 Å². The van der Waals surface area contributed by atoms with E-state index < -0.39 is 41.8 Å². The molecule has 0 aliphatic heterocycles. The number of carbonyl (C=O) groups excluding carboxylic acids is 1. The number of fused-ring (bicyclic) bond motifs is 5. The number of nitrogens with zero attached hydrogens (tertiary/aromatic N) is 12. The number of carbonyl (C=O) groups is 1. The fraction of sp³-hybridized carbons (Fsp3) is 0.154. The molecule has 0 saturated heterocycles. The fourth-order valence-corrected chi connectivity index (χ4v) is 13.9. The Hall–Kier alpha value is -13.9. The Kier molecular flexibility index (Phi) is 26.9. The minimum absolute atomic E-state index is 0.0829. The molecule has 2 unspecified atom stereocenters. The zero-order valence-electron chi connectivity index (χ0n) is 66.2. The van der Waals surface area contributed by atoms with Crippen molar-refractivity contribution in [2.24, 2.45) is 5.73 Å². The van der Waals surface area contributed by atoms with Gasteiger partial charge in [-0.05, 0) is 155 Å². The summed E-state index contributed by atoms with van der Waals surface area (Å²) in [6, 6.07) is 67.4. The number of amides is 1. The maximum absolute atomic E-state index is 14.2. The first kappa shape index (κ1) is 84.0. The first-order valence-electron chi connectivity index (χ1n) is 37.9. The number of aliphatic hydroxyl groups is 1. The van der Waals surface area contributed by atoms with Gasteiger partial charge in [-0.15, -0.1) is 0 Å². The lowest BCUT2D eigenvalue weighted by atomic mass is 10.1. The zero-order valence-corrected chi connectivity index (χ0v) is 67.7. The molecule has 0 radical (unpaired) electrons. The molecule has 25 nitrogen and oxygen atoms in total. The number of anilines is 3. The molecule has 17 aromatic rings. The minimum atomic E-state index is -0.667. The Morgan fingerprint density at radius 1 is 0.483 bits per heavy atom. The number of imidazole rings is 2. The molecule has 0 aliphatic rings. The van der Waals surface area contributed by atoms with Crippen molar-refractivity contribution >= 4 is 101 Å². The maximum atomic E-state index is 14.2. The van der Waals surface area contributed by atoms with Gasteiger partial charge >= 0.3 is 0 Å². The number of aryl methyl sites for hydroxylation is 7. The molecule has 7 heterocycles. The number of aromatic nitrogens is 14. The second-order valence-electron chi connectivity index (χ2n) is 27.8. The van der Waals surface area contributed by atoms with Gasteiger partial charge in [0, 0.05) is 5.69 Å². The van der Waals surface area contributed by atoms with Crippen LogP contribution in [0.3, 0.4) is 0 Å². The summed E-state index contributed by atoms with van der Waals surface area (Å²) in [4.78, 5) is 98.2. The van der Waals surface area contributed by atoms with E-state index in [-0.39, 0.29) is 52.3 Å². The number of benzene rings is 10. The summed E-state index contributed by atoms with van der Waals surface area (Å²) >= 11 is 12.0. The normalized spacial score (nSPS) is 11.5. The molecular formula is C91H82Cl2F2N18O7. The average Bonchev–Trinajstić information content (AvgIpc) is 0.802. The van der Waals surface area contributed by atoms with E-state index in [1.54, 1.807) is 70.3 Å². The van der Waals surface area contributed by atoms with Crippen LogP contribution in [0.15, 0.2) is 258 Å². The van der Waals surface area contributed by atoms with E-state index in [9.17, 15) is 33.1 Å². The molecule has 1 amide bonds. The molecule has 7 aromatic heterocycles. The number of ether oxygens (including phenoxy) is 2. The lowest BCUT2D eigenvalue weighted by Crippen LogP contribution is -2.31. The van der Waals surface area contributed by atoms with Crippen LogP contribution in [0, 0.1) is 60.1 Å². The third-order valence-electron chi connectivity index (χ3n) is 19.3. The summed E-state index contributed by atoms with van der Waals surface area (Å²) in [5.74, 6) is 1.07. The number of aliphatic hydroxyl groups excluding tert-OH is 1. The molecule has 2 atom stereocenters. The largest absolute Gasteiger partial charge is 0.398 e. The fourth-order valence-electron chi connectivity index (χ4n) is 13.5. The van der Waals surface area contributed by atoms with Crippen molar-refractivity contribution in [1.29, 1.82) is 0 Å². The molecule has 0 aliphatic carbocycles. The third-order valence-corrected chi connectivity index (χ3v) is 19.9. The Bertz CT molecular complexity index is 6750. The molecular weight excluding hydrogens is 1570 g/mol. The second kappa shape index (κ2) is 38.4. The van der Waals surface area contributed by atoms with Crippen LogP contribution in [0.1, 0.15) is 90.6 Å². The highest BCUT2D eigenvalue weighted by atomic mass is 35.5. The van der Waals surface area contributed by atoms with E-state index in [1.165, 1.54) is 36.4 Å². The summed E-state index contributed by atoms with van der Waals surface area (Å²) in [7, 11) is 0. The summed E-state index contributed by atoms with van der Waals surface area (Å²) in [5, 5.41) is 17.3. The first-order valence-corrected chi connectivity index (χ1v) is 38.7. The molecule has 29 heteroatoms. The van der Waals surface area contributed by atoms with Gasteiger partial charge in [-0.2, -0.15) is 0 Å². The third kappa shape index (κ3) is 19.2. The number of hydrogen-bond acceptors (Lipinski definition) is 19. The predicted octanol–water partition coefficient (Wildman–Crippen LogP) is 16.5. The van der Waals surface area contributed by atoms with Crippen LogP contribution in [-0.4, -0.2) is 92.8 Å². The highest BCUT2D eigenvalue weighted by Crippen LogP contribution is 2.30. The number of aromatic amines is 2. The lowest BCUT2D eigenvalue weighted by Gasteiger charge is -2.24. The monoisotopic (exact) mass is 1650 g/mol. The number of H-pyrrole nitrogens is 2. The van der Waals surface area contributed by atoms with E-state index >= 15 is 0 Å². The Labute approximate surface area is 696 Å². The number of nitrogen functional groups attached to an aromatic ring is 1. The van der Waals surface area contributed by atoms with Gasteiger partial charge in [0.15, 0.2) is 17.1 Å². The van der Waals surface area contributed by atoms with Crippen LogP contribution in [-0.2, 0) is 29.3 Å². The minimum Gasteiger partial charge on any atom is -0.398 e. The van der Waals surface area contributed by atoms with Crippen LogP contribution in [0.5, 0.6) is 0 Å². The summed E-state index contributed by atoms with van der Waals surface area (Å²) in [6.07, 6.45) is 3.22. The van der Waals surface area contributed by atoms with Crippen LogP contribution in [0.25, 0.3) is 72.1 Å². The number of nitrogens with one attached hydrogen (secondary N) is 4. The van der Waals surface area contributed by atoms with Crippen molar-refractivity contribution in [1.82, 2.24) is 68.5 Å². The van der Waals surface area contributed by atoms with Gasteiger partial charge in [0.1, 0.15) is 69.8 Å². The van der Waals surface area contributed by atoms with Crippen molar-refractivity contribution in [3.05, 3.63) is 370 Å². The summed E-state index contributed by atoms with van der Waals surface area (Å²) < 4.78 is 44.0. The summed E-state index contributed by atoms with van der Waals surface area (Å²) in [6.45, 7) is 14.3. The van der Waals surface area contributed by atoms with E-state index in [4.69, 9.17) is 54.1 Å². The average molecular weight is 1650 g/mol. The van der Waals surface area contributed by atoms with Gasteiger partial charge < -0.3 is 46.6 Å². The molecule has 17 rings (SSSR count). The molecule has 0 fully saturated rings. The van der Waals surface area contributed by atoms with Gasteiger partial charge in [-0.1, -0.05) is 181 Å². The quantitative estimate of drug-likeness (QED) is 0.0392. The number of hydrogen-bond donors (Lipinski definition) is 7. The van der Waals surface area contributed by atoms with Crippen LogP contribution in [0.4, 0.5) is 26.0 Å². The molecule has 0 bridgehead atoms. The molecule has 9 N–H and O–H groups in total.